The molecule has 2 unspecified atom stereocenters. The maximum absolute atomic E-state index is 15.0. The van der Waals surface area contributed by atoms with Gasteiger partial charge in [0.1, 0.15) is 36.1 Å². The van der Waals surface area contributed by atoms with Crippen molar-refractivity contribution in [3.8, 4) is 11.3 Å². The molecule has 15 atom stereocenters. The van der Waals surface area contributed by atoms with Crippen LogP contribution in [0.25, 0.3) is 11.3 Å². The number of unbranched alkanes of at least 4 members (excludes halogenated alkanes) is 1. The Morgan fingerprint density at radius 2 is 1.71 bits per heavy atom. The van der Waals surface area contributed by atoms with Crippen molar-refractivity contribution in [3.05, 3.63) is 78.8 Å². The molecule has 6 heterocycles. The number of aryl methyl sites for hydroxylation is 1. The fourth-order valence-electron chi connectivity index (χ4n) is 11.8. The van der Waals surface area contributed by atoms with Crippen LogP contribution in [0.2, 0.25) is 0 Å². The lowest BCUT2D eigenvalue weighted by Crippen LogP contribution is -2.60. The predicted molar refractivity (Wildman–Crippen MR) is 286 cm³/mol. The fraction of sp³-hybridized carbons (Fsp3) is 0.643. The number of hydrogen-bond acceptors (Lipinski definition) is 18. The van der Waals surface area contributed by atoms with Crippen LogP contribution in [0, 0.1) is 23.7 Å². The van der Waals surface area contributed by atoms with E-state index in [-0.39, 0.29) is 31.8 Å². The number of carbonyl (C=O) groups is 4. The van der Waals surface area contributed by atoms with Gasteiger partial charge in [0.15, 0.2) is 17.7 Å². The number of ketones is 2. The van der Waals surface area contributed by atoms with E-state index in [0.717, 1.165) is 16.2 Å². The molecule has 7 rings (SSSR count). The number of Topliss-reactive ketones (excluding diaryl/α,β-unsaturated/α-hetero) is 2. The standard InChI is InChI=1S/C56H80N8O12S/c1-12-45-56(8)50(63(54(71)76-56)24-14-13-23-62-30-42(58-32-62)39-16-15-22-57-28-39)35(4)46(66)33(2)27-55(7,72-10)51(36(5)47(67)37(6)52(70)74-45)75-53-49(69)43(26-34(3)73-53)61(9)25-21-40-29-64(60-59-40)44(31-65)48(68)38-17-19-41(77-11)20-18-38/h15-20,22,28-30,32-37,43-45,48-51,53,65,68-69H,12-14,21,23-27,31H2,1-11H3/t33-,34-,35+,36+,37-,43+,44?,45-,48+,49-,50?,51-,53+,55-,56-/m1/s1. The van der Waals surface area contributed by atoms with E-state index in [4.69, 9.17) is 23.7 Å². The molecule has 0 bridgehead atoms. The zero-order chi connectivity index (χ0) is 55.9. The van der Waals surface area contributed by atoms with Crippen molar-refractivity contribution >= 4 is 35.4 Å². The number of carbonyl (C=O) groups excluding carboxylic acids is 4. The van der Waals surface area contributed by atoms with Gasteiger partial charge < -0.3 is 53.4 Å². The number of aliphatic hydroxyl groups excluding tert-OH is 3. The molecule has 3 aromatic heterocycles. The van der Waals surface area contributed by atoms with Crippen LogP contribution < -0.4 is 0 Å². The lowest BCUT2D eigenvalue weighted by molar-refractivity contribution is -0.296. The number of hydrogen-bond donors (Lipinski definition) is 3. The molecule has 0 radical (unpaired) electrons. The Labute approximate surface area is 456 Å². The maximum atomic E-state index is 15.0. The van der Waals surface area contributed by atoms with Gasteiger partial charge in [-0.25, -0.2) is 14.5 Å². The molecule has 20 nitrogen and oxygen atoms in total. The number of amides is 1. The molecular weight excluding hydrogens is 1010 g/mol. The zero-order valence-electron chi connectivity index (χ0n) is 46.4. The number of rotatable bonds is 19. The number of methoxy groups -OCH3 is 1. The minimum atomic E-state index is -1.45. The minimum absolute atomic E-state index is 0.0655. The van der Waals surface area contributed by atoms with Crippen LogP contribution in [-0.4, -0.2) is 172 Å². The molecule has 1 amide bonds. The first kappa shape index (κ1) is 59.5. The summed E-state index contributed by atoms with van der Waals surface area (Å²) in [7, 11) is 3.35. The summed E-state index contributed by atoms with van der Waals surface area (Å²) in [6.07, 6.45) is 6.55. The van der Waals surface area contributed by atoms with E-state index < -0.39 is 108 Å². The highest BCUT2D eigenvalue weighted by molar-refractivity contribution is 7.98. The summed E-state index contributed by atoms with van der Waals surface area (Å²) in [5.74, 6) is -5.36. The highest BCUT2D eigenvalue weighted by Gasteiger charge is 2.60. The van der Waals surface area contributed by atoms with E-state index in [2.05, 4.69) is 20.3 Å². The van der Waals surface area contributed by atoms with Crippen LogP contribution in [0.4, 0.5) is 4.79 Å². The SMILES string of the molecule is CC[C@H]1OC(=O)[C@H](C)C(=O)[C@H](C)[C@@H](O[C@@H]2O[C@H](C)C[C@H](N(C)CCc3cn(C(CO)[C@@H](O)c4ccc(SC)cc4)nn3)[C@H]2O)[C@](C)(OC)C[C@@H](C)C(=O)[C@H](C)C2N(CCCCn3cnc(-c4cccnc4)c3)C(=O)O[C@@]21C. The summed E-state index contributed by atoms with van der Waals surface area (Å²) in [6.45, 7) is 14.8. The Morgan fingerprint density at radius 3 is 2.38 bits per heavy atom. The molecule has 21 heteroatoms. The second-order valence-electron chi connectivity index (χ2n) is 21.7. The Kier molecular flexibility index (Phi) is 19.9. The molecule has 77 heavy (non-hydrogen) atoms. The van der Waals surface area contributed by atoms with Gasteiger partial charge >= 0.3 is 12.1 Å². The highest BCUT2D eigenvalue weighted by Crippen LogP contribution is 2.43. The van der Waals surface area contributed by atoms with Crippen LogP contribution in [0.3, 0.4) is 0 Å². The molecule has 0 saturated carbocycles. The number of pyridine rings is 1. The van der Waals surface area contributed by atoms with Crippen LogP contribution in [0.1, 0.15) is 111 Å². The molecule has 3 saturated heterocycles. The Hall–Kier alpha value is -5.13. The van der Waals surface area contributed by atoms with Crippen molar-refractivity contribution in [2.75, 3.05) is 40.1 Å². The van der Waals surface area contributed by atoms with Crippen LogP contribution in [0.5, 0.6) is 0 Å². The van der Waals surface area contributed by atoms with Gasteiger partial charge in [0.25, 0.3) is 0 Å². The quantitative estimate of drug-likeness (QED) is 0.0414. The molecule has 3 aliphatic rings. The van der Waals surface area contributed by atoms with E-state index >= 15 is 0 Å². The first-order valence-corrected chi connectivity index (χ1v) is 28.2. The summed E-state index contributed by atoms with van der Waals surface area (Å²) in [6, 6.07) is 9.19. The first-order valence-electron chi connectivity index (χ1n) is 27.0. The number of aromatic nitrogens is 6. The number of cyclic esters (lactones) is 1. The summed E-state index contributed by atoms with van der Waals surface area (Å²) >= 11 is 1.59. The molecule has 0 aliphatic carbocycles. The normalized spacial score (nSPS) is 31.4. The van der Waals surface area contributed by atoms with E-state index in [0.29, 0.717) is 50.0 Å². The van der Waals surface area contributed by atoms with Gasteiger partial charge in [-0.1, -0.05) is 45.0 Å². The van der Waals surface area contributed by atoms with Gasteiger partial charge in [0.2, 0.25) is 0 Å². The average molecular weight is 1090 g/mol. The van der Waals surface area contributed by atoms with Crippen molar-refractivity contribution in [2.24, 2.45) is 23.7 Å². The number of thioether (sulfide) groups is 1. The third-order valence-corrected chi connectivity index (χ3v) is 17.1. The Balaban J connectivity index is 1.07. The number of imidazole rings is 1. The zero-order valence-corrected chi connectivity index (χ0v) is 47.2. The second kappa shape index (κ2) is 25.8. The highest BCUT2D eigenvalue weighted by atomic mass is 32.2. The molecule has 3 fully saturated rings. The predicted octanol–water partition coefficient (Wildman–Crippen LogP) is 6.12. The number of ether oxygens (including phenoxy) is 5. The number of likely N-dealkylation sites (N-methyl/N-ethyl adjacent to an activating group) is 1. The van der Waals surface area contributed by atoms with Crippen LogP contribution >= 0.6 is 11.8 Å². The Morgan fingerprint density at radius 1 is 0.987 bits per heavy atom. The number of nitrogens with zero attached hydrogens (tertiary/aromatic N) is 8. The Bertz CT molecular complexity index is 2610. The van der Waals surface area contributed by atoms with E-state index in [1.807, 2.05) is 79.2 Å². The second-order valence-corrected chi connectivity index (χ2v) is 22.6. The van der Waals surface area contributed by atoms with Crippen molar-refractivity contribution in [1.82, 2.24) is 39.3 Å². The van der Waals surface area contributed by atoms with Crippen molar-refractivity contribution in [3.63, 3.8) is 0 Å². The van der Waals surface area contributed by atoms with Crippen LogP contribution in [0.15, 0.2) is 72.4 Å². The fourth-order valence-corrected chi connectivity index (χ4v) is 12.2. The number of aliphatic hydroxyl groups is 3. The number of benzene rings is 1. The van der Waals surface area contributed by atoms with Crippen molar-refractivity contribution in [2.45, 2.75) is 171 Å². The number of fused-ring (bicyclic) bond motifs is 1. The van der Waals surface area contributed by atoms with E-state index in [1.165, 1.54) is 18.7 Å². The van der Waals surface area contributed by atoms with Gasteiger partial charge in [-0.15, -0.1) is 16.9 Å². The van der Waals surface area contributed by atoms with Crippen molar-refractivity contribution in [1.29, 1.82) is 0 Å². The summed E-state index contributed by atoms with van der Waals surface area (Å²) < 4.78 is 35.3. The number of esters is 1. The van der Waals surface area contributed by atoms with Gasteiger partial charge in [-0.3, -0.25) is 19.4 Å². The summed E-state index contributed by atoms with van der Waals surface area (Å²) in [5, 5.41) is 42.2. The molecule has 3 aliphatic heterocycles. The van der Waals surface area contributed by atoms with Crippen LogP contribution in [-0.2, 0) is 51.0 Å². The topological polar surface area (TPSA) is 243 Å². The van der Waals surface area contributed by atoms with Gasteiger partial charge in [-0.2, -0.15) is 0 Å². The van der Waals surface area contributed by atoms with E-state index in [1.54, 1.807) is 76.2 Å². The largest absolute Gasteiger partial charge is 0.458 e. The van der Waals surface area contributed by atoms with E-state index in [9.17, 15) is 34.5 Å². The van der Waals surface area contributed by atoms with Gasteiger partial charge in [-0.05, 0) is 103 Å². The maximum Gasteiger partial charge on any atom is 0.410 e. The molecule has 1 aromatic carbocycles. The summed E-state index contributed by atoms with van der Waals surface area (Å²) in [4.78, 5) is 71.3. The lowest BCUT2D eigenvalue weighted by atomic mass is 9.73. The average Bonchev–Trinajstić information content (AvgIpc) is 4.23. The molecular formula is C56H80N8O12S. The van der Waals surface area contributed by atoms with Gasteiger partial charge in [0, 0.05) is 92.2 Å². The van der Waals surface area contributed by atoms with Gasteiger partial charge in [0.05, 0.1) is 48.2 Å². The molecule has 0 spiro atoms. The third-order valence-electron chi connectivity index (χ3n) is 16.3. The molecule has 422 valence electrons. The lowest BCUT2D eigenvalue weighted by Gasteiger charge is -2.47. The monoisotopic (exact) mass is 1090 g/mol. The first-order chi connectivity index (χ1) is 36.7. The van der Waals surface area contributed by atoms with Crippen molar-refractivity contribution < 1.29 is 58.2 Å². The third kappa shape index (κ3) is 13.2. The molecule has 3 N–H and O–H groups in total. The smallest absolute Gasteiger partial charge is 0.410 e. The summed E-state index contributed by atoms with van der Waals surface area (Å²) in [5.41, 5.74) is 0.140. The minimum Gasteiger partial charge on any atom is -0.458 e. The molecule has 4 aromatic rings.